The highest BCUT2D eigenvalue weighted by molar-refractivity contribution is 7.10. The third-order valence-corrected chi connectivity index (χ3v) is 5.30. The minimum atomic E-state index is -0.170. The van der Waals surface area contributed by atoms with Gasteiger partial charge < -0.3 is 9.88 Å². The second-order valence-corrected chi connectivity index (χ2v) is 6.98. The van der Waals surface area contributed by atoms with Crippen LogP contribution in [0.1, 0.15) is 16.5 Å². The van der Waals surface area contributed by atoms with E-state index in [1.807, 2.05) is 23.2 Å². The molecule has 0 saturated carbocycles. The summed E-state index contributed by atoms with van der Waals surface area (Å²) >= 11 is 1.76. The Bertz CT molecular complexity index is 799. The first-order valence-corrected chi connectivity index (χ1v) is 8.93. The van der Waals surface area contributed by atoms with E-state index in [9.17, 15) is 4.39 Å². The lowest BCUT2D eigenvalue weighted by molar-refractivity contribution is 0.155. The number of imidazole rings is 1. The second kappa shape index (κ2) is 6.84. The van der Waals surface area contributed by atoms with Crippen molar-refractivity contribution < 1.29 is 4.39 Å². The fraction of sp³-hybridized carbons (Fsp3) is 0.278. The molecule has 1 fully saturated rings. The molecular formula is C18H19FN4S. The molecule has 4 nitrogen and oxygen atoms in total. The number of piperazine rings is 1. The van der Waals surface area contributed by atoms with Crippen molar-refractivity contribution in [1.82, 2.24) is 19.8 Å². The van der Waals surface area contributed by atoms with Crippen molar-refractivity contribution in [3.05, 3.63) is 70.7 Å². The molecule has 124 valence electrons. The molecule has 4 rings (SSSR count). The first-order chi connectivity index (χ1) is 11.8. The van der Waals surface area contributed by atoms with Crippen molar-refractivity contribution in [2.75, 3.05) is 19.6 Å². The molecule has 1 unspecified atom stereocenters. The van der Waals surface area contributed by atoms with E-state index in [1.54, 1.807) is 29.7 Å². The largest absolute Gasteiger partial charge is 0.314 e. The fourth-order valence-electron chi connectivity index (χ4n) is 3.18. The third kappa shape index (κ3) is 3.26. The zero-order valence-corrected chi connectivity index (χ0v) is 14.0. The Morgan fingerprint density at radius 2 is 2.29 bits per heavy atom. The molecule has 1 aliphatic heterocycles. The van der Waals surface area contributed by atoms with Crippen molar-refractivity contribution in [2.24, 2.45) is 0 Å². The van der Waals surface area contributed by atoms with Gasteiger partial charge in [-0.15, -0.1) is 11.3 Å². The summed E-state index contributed by atoms with van der Waals surface area (Å²) < 4.78 is 15.6. The summed E-state index contributed by atoms with van der Waals surface area (Å²) in [4.78, 5) is 7.83. The number of thiophene rings is 1. The van der Waals surface area contributed by atoms with Gasteiger partial charge >= 0.3 is 0 Å². The maximum atomic E-state index is 13.6. The molecule has 0 spiro atoms. The van der Waals surface area contributed by atoms with Crippen LogP contribution in [0.3, 0.4) is 0 Å². The first-order valence-electron chi connectivity index (χ1n) is 8.05. The van der Waals surface area contributed by atoms with E-state index in [2.05, 4.69) is 26.6 Å². The van der Waals surface area contributed by atoms with E-state index in [-0.39, 0.29) is 11.9 Å². The van der Waals surface area contributed by atoms with Crippen LogP contribution in [0.15, 0.2) is 54.4 Å². The van der Waals surface area contributed by atoms with Crippen molar-refractivity contribution in [2.45, 2.75) is 12.6 Å². The highest BCUT2D eigenvalue weighted by Gasteiger charge is 2.24. The first kappa shape index (κ1) is 15.5. The number of hydrogen-bond donors (Lipinski definition) is 1. The van der Waals surface area contributed by atoms with Crippen molar-refractivity contribution in [3.8, 4) is 5.69 Å². The molecule has 24 heavy (non-hydrogen) atoms. The van der Waals surface area contributed by atoms with Gasteiger partial charge in [-0.25, -0.2) is 9.37 Å². The summed E-state index contributed by atoms with van der Waals surface area (Å²) in [5, 5.41) is 5.57. The number of rotatable bonds is 4. The predicted molar refractivity (Wildman–Crippen MR) is 93.9 cm³/mol. The zero-order valence-electron chi connectivity index (χ0n) is 13.2. The summed E-state index contributed by atoms with van der Waals surface area (Å²) in [6, 6.07) is 9.36. The summed E-state index contributed by atoms with van der Waals surface area (Å²) in [7, 11) is 0. The lowest BCUT2D eigenvalue weighted by atomic mass is 10.0. The lowest BCUT2D eigenvalue weighted by Gasteiger charge is -2.36. The molecule has 0 bridgehead atoms. The smallest absolute Gasteiger partial charge is 0.123 e. The summed E-state index contributed by atoms with van der Waals surface area (Å²) in [6.45, 7) is 3.65. The molecule has 3 aromatic rings. The van der Waals surface area contributed by atoms with Crippen LogP contribution in [0.4, 0.5) is 4.39 Å². The molecule has 6 heteroatoms. The number of nitrogens with one attached hydrogen (secondary N) is 1. The van der Waals surface area contributed by atoms with Gasteiger partial charge in [-0.2, -0.15) is 0 Å². The lowest BCUT2D eigenvalue weighted by Crippen LogP contribution is -2.45. The molecule has 1 aromatic carbocycles. The highest BCUT2D eigenvalue weighted by atomic mass is 32.1. The van der Waals surface area contributed by atoms with Gasteiger partial charge in [-0.1, -0.05) is 12.1 Å². The Morgan fingerprint density at radius 1 is 1.33 bits per heavy atom. The zero-order chi connectivity index (χ0) is 16.4. The Hall–Kier alpha value is -2.02. The Kier molecular flexibility index (Phi) is 4.42. The highest BCUT2D eigenvalue weighted by Crippen LogP contribution is 2.27. The Labute approximate surface area is 144 Å². The molecule has 1 N–H and O–H groups in total. The van der Waals surface area contributed by atoms with Crippen LogP contribution in [0, 0.1) is 5.82 Å². The summed E-state index contributed by atoms with van der Waals surface area (Å²) in [5.74, 6) is -0.170. The SMILES string of the molecule is Fc1cccc(C2CNCCN2Cc2cc(-n3ccnc3)cs2)c1. The van der Waals surface area contributed by atoms with Gasteiger partial charge in [0.25, 0.3) is 0 Å². The van der Waals surface area contributed by atoms with Gasteiger partial charge in [0.05, 0.1) is 12.0 Å². The predicted octanol–water partition coefficient (Wildman–Crippen LogP) is 3.22. The van der Waals surface area contributed by atoms with Crippen LogP contribution >= 0.6 is 11.3 Å². The van der Waals surface area contributed by atoms with Crippen LogP contribution in [0.25, 0.3) is 5.69 Å². The molecule has 3 heterocycles. The normalized spacial score (nSPS) is 18.8. The maximum absolute atomic E-state index is 13.6. The average Bonchev–Trinajstić information content (AvgIpc) is 3.26. The quantitative estimate of drug-likeness (QED) is 0.790. The standard InChI is InChI=1S/C18H19FN4S/c19-15-3-1-2-14(8-15)18-10-20-4-6-22(18)11-17-9-16(12-24-17)23-7-5-21-13-23/h1-3,5,7-9,12-13,18,20H,4,6,10-11H2. The van der Waals surface area contributed by atoms with Gasteiger partial charge in [0.2, 0.25) is 0 Å². The third-order valence-electron chi connectivity index (χ3n) is 4.39. The van der Waals surface area contributed by atoms with Gasteiger partial charge in [0.1, 0.15) is 5.82 Å². The Morgan fingerprint density at radius 3 is 3.12 bits per heavy atom. The van der Waals surface area contributed by atoms with Gasteiger partial charge in [-0.3, -0.25) is 4.90 Å². The van der Waals surface area contributed by atoms with Crippen molar-refractivity contribution in [3.63, 3.8) is 0 Å². The number of benzene rings is 1. The minimum absolute atomic E-state index is 0.170. The van der Waals surface area contributed by atoms with E-state index in [0.717, 1.165) is 37.4 Å². The molecule has 0 aliphatic carbocycles. The van der Waals surface area contributed by atoms with Crippen LogP contribution in [-0.2, 0) is 6.54 Å². The van der Waals surface area contributed by atoms with E-state index in [0.29, 0.717) is 0 Å². The minimum Gasteiger partial charge on any atom is -0.314 e. The molecule has 0 radical (unpaired) electrons. The molecule has 1 atom stereocenters. The van der Waals surface area contributed by atoms with Crippen molar-refractivity contribution in [1.29, 1.82) is 0 Å². The van der Waals surface area contributed by atoms with Crippen molar-refractivity contribution >= 4 is 11.3 Å². The number of aromatic nitrogens is 2. The van der Waals surface area contributed by atoms with Crippen LogP contribution in [-0.4, -0.2) is 34.1 Å². The number of hydrogen-bond acceptors (Lipinski definition) is 4. The molecule has 0 amide bonds. The van der Waals surface area contributed by atoms with E-state index < -0.39 is 0 Å². The van der Waals surface area contributed by atoms with Crippen LogP contribution in [0.2, 0.25) is 0 Å². The fourth-order valence-corrected chi connectivity index (χ4v) is 4.07. The van der Waals surface area contributed by atoms with Crippen LogP contribution in [0.5, 0.6) is 0 Å². The van der Waals surface area contributed by atoms with Gasteiger partial charge in [0, 0.05) is 54.9 Å². The monoisotopic (exact) mass is 342 g/mol. The van der Waals surface area contributed by atoms with E-state index in [4.69, 9.17) is 0 Å². The molecular weight excluding hydrogens is 323 g/mol. The Balaban J connectivity index is 1.53. The number of halogens is 1. The summed E-state index contributed by atoms with van der Waals surface area (Å²) in [6.07, 6.45) is 5.55. The van der Waals surface area contributed by atoms with Gasteiger partial charge in [0.15, 0.2) is 0 Å². The van der Waals surface area contributed by atoms with E-state index in [1.165, 1.54) is 10.9 Å². The molecule has 1 aliphatic rings. The number of nitrogens with zero attached hydrogens (tertiary/aromatic N) is 3. The second-order valence-electron chi connectivity index (χ2n) is 5.99. The van der Waals surface area contributed by atoms with Crippen LogP contribution < -0.4 is 5.32 Å². The summed E-state index contributed by atoms with van der Waals surface area (Å²) in [5.41, 5.74) is 2.18. The molecule has 2 aromatic heterocycles. The maximum Gasteiger partial charge on any atom is 0.123 e. The van der Waals surface area contributed by atoms with E-state index >= 15 is 0 Å². The topological polar surface area (TPSA) is 33.1 Å². The average molecular weight is 342 g/mol. The molecule has 1 saturated heterocycles. The van der Waals surface area contributed by atoms with Gasteiger partial charge in [-0.05, 0) is 23.8 Å².